The van der Waals surface area contributed by atoms with Crippen molar-refractivity contribution in [2.45, 2.75) is 0 Å². The summed E-state index contributed by atoms with van der Waals surface area (Å²) in [5.74, 6) is 0.592. The number of benzene rings is 3. The van der Waals surface area contributed by atoms with Crippen LogP contribution >= 0.6 is 0 Å². The van der Waals surface area contributed by atoms with Gasteiger partial charge in [0, 0.05) is 23.3 Å². The molecule has 0 atom stereocenters. The van der Waals surface area contributed by atoms with Gasteiger partial charge in [-0.1, -0.05) is 30.3 Å². The number of nitrogens with zero attached hydrogens (tertiary/aromatic N) is 1. The summed E-state index contributed by atoms with van der Waals surface area (Å²) in [6, 6.07) is 17.4. The fourth-order valence-electron chi connectivity index (χ4n) is 3.74. The molecule has 0 fully saturated rings. The summed E-state index contributed by atoms with van der Waals surface area (Å²) in [4.78, 5) is 13.0. The van der Waals surface area contributed by atoms with E-state index >= 15 is 0 Å². The van der Waals surface area contributed by atoms with E-state index in [1.54, 1.807) is 19.2 Å². The molecule has 5 rings (SSSR count). The molecule has 0 radical (unpaired) electrons. The third-order valence-corrected chi connectivity index (χ3v) is 4.89. The molecule has 25 heavy (non-hydrogen) atoms. The van der Waals surface area contributed by atoms with Crippen molar-refractivity contribution in [2.24, 2.45) is 7.05 Å². The Morgan fingerprint density at radius 1 is 0.920 bits per heavy atom. The fraction of sp³-hybridized carbons (Fsp3) is 0.0952. The van der Waals surface area contributed by atoms with Crippen LogP contribution in [0.25, 0.3) is 43.7 Å². The van der Waals surface area contributed by atoms with Gasteiger partial charge >= 0.3 is 0 Å². The first-order valence-corrected chi connectivity index (χ1v) is 8.10. The molecule has 2 heterocycles. The van der Waals surface area contributed by atoms with Crippen molar-refractivity contribution in [1.82, 2.24) is 4.57 Å². The number of para-hydroxylation sites is 2. The van der Waals surface area contributed by atoms with Gasteiger partial charge in [-0.15, -0.1) is 0 Å². The molecule has 0 aliphatic carbocycles. The second-order valence-corrected chi connectivity index (χ2v) is 6.19. The summed E-state index contributed by atoms with van der Waals surface area (Å²) in [6.07, 6.45) is 0. The van der Waals surface area contributed by atoms with Gasteiger partial charge in [-0.25, -0.2) is 0 Å². The highest BCUT2D eigenvalue weighted by atomic mass is 16.5. The zero-order valence-electron chi connectivity index (χ0n) is 13.9. The van der Waals surface area contributed by atoms with E-state index in [1.165, 1.54) is 0 Å². The molecule has 0 aliphatic rings. The lowest BCUT2D eigenvalue weighted by Gasteiger charge is -2.09. The Kier molecular flexibility index (Phi) is 2.74. The molecule has 4 nitrogen and oxygen atoms in total. The Morgan fingerprint density at radius 2 is 1.64 bits per heavy atom. The minimum Gasteiger partial charge on any atom is -0.491 e. The molecule has 4 heteroatoms. The molecule has 0 aliphatic heterocycles. The topological polar surface area (TPSA) is 44.4 Å². The van der Waals surface area contributed by atoms with Crippen LogP contribution in [0.1, 0.15) is 0 Å². The Labute approximate surface area is 142 Å². The van der Waals surface area contributed by atoms with Gasteiger partial charge in [0.05, 0.1) is 23.4 Å². The molecule has 0 unspecified atom stereocenters. The van der Waals surface area contributed by atoms with E-state index in [2.05, 4.69) is 16.7 Å². The lowest BCUT2D eigenvalue weighted by molar-refractivity contribution is 0.414. The number of hydrogen-bond donors (Lipinski definition) is 0. The van der Waals surface area contributed by atoms with Crippen LogP contribution < -0.4 is 10.2 Å². The van der Waals surface area contributed by atoms with Crippen LogP contribution in [0.4, 0.5) is 0 Å². The lowest BCUT2D eigenvalue weighted by atomic mass is 10.1. The second-order valence-electron chi connectivity index (χ2n) is 6.19. The number of aryl methyl sites for hydroxylation is 1. The predicted octanol–water partition coefficient (Wildman–Crippen LogP) is 4.60. The molecule has 0 spiro atoms. The number of hydrogen-bond acceptors (Lipinski definition) is 3. The van der Waals surface area contributed by atoms with Crippen LogP contribution in [0.3, 0.4) is 0 Å². The molecule has 2 aromatic heterocycles. The van der Waals surface area contributed by atoms with Crippen molar-refractivity contribution < 1.29 is 9.15 Å². The smallest absolute Gasteiger partial charge is 0.200 e. The zero-order chi connectivity index (χ0) is 17.1. The van der Waals surface area contributed by atoms with Gasteiger partial charge in [0.2, 0.25) is 5.43 Å². The Bertz CT molecular complexity index is 1360. The first-order valence-electron chi connectivity index (χ1n) is 8.10. The van der Waals surface area contributed by atoms with Crippen LogP contribution in [0, 0.1) is 0 Å². The fourth-order valence-corrected chi connectivity index (χ4v) is 3.74. The highest BCUT2D eigenvalue weighted by Crippen LogP contribution is 2.39. The summed E-state index contributed by atoms with van der Waals surface area (Å²) in [5, 5.41) is 3.20. The van der Waals surface area contributed by atoms with E-state index in [0.717, 1.165) is 21.8 Å². The maximum atomic E-state index is 13.0. The standard InChI is InChI=1S/C21H15NO3/c1-22-16-9-5-3-7-12(16)14-11-15-19(23)13-8-4-6-10-17(13)25-20(15)21(24-2)18(14)22/h3-11H,1-2H3. The summed E-state index contributed by atoms with van der Waals surface area (Å²) in [6.45, 7) is 0. The number of rotatable bonds is 1. The van der Waals surface area contributed by atoms with Crippen molar-refractivity contribution in [3.05, 3.63) is 64.8 Å². The number of aromatic nitrogens is 1. The molecule has 122 valence electrons. The average Bonchev–Trinajstić information content (AvgIpc) is 2.93. The SMILES string of the molecule is COc1c2oc3ccccc3c(=O)c2cc2c3ccccc3n(C)c12. The third kappa shape index (κ3) is 1.74. The Morgan fingerprint density at radius 3 is 2.44 bits per heavy atom. The monoisotopic (exact) mass is 329 g/mol. The van der Waals surface area contributed by atoms with Gasteiger partial charge in [0.15, 0.2) is 11.3 Å². The van der Waals surface area contributed by atoms with Gasteiger partial charge < -0.3 is 13.7 Å². The normalized spacial score (nSPS) is 11.8. The Balaban J connectivity index is 2.14. The number of fused-ring (bicyclic) bond motifs is 5. The van der Waals surface area contributed by atoms with Gasteiger partial charge in [0.1, 0.15) is 5.58 Å². The number of methoxy groups -OCH3 is 1. The van der Waals surface area contributed by atoms with Gasteiger partial charge in [0.25, 0.3) is 0 Å². The van der Waals surface area contributed by atoms with Crippen LogP contribution in [-0.4, -0.2) is 11.7 Å². The molecule has 5 aromatic rings. The Hall–Kier alpha value is -3.27. The first-order chi connectivity index (χ1) is 12.2. The highest BCUT2D eigenvalue weighted by Gasteiger charge is 2.20. The quantitative estimate of drug-likeness (QED) is 0.422. The molecule has 0 amide bonds. The van der Waals surface area contributed by atoms with E-state index in [1.807, 2.05) is 37.4 Å². The summed E-state index contributed by atoms with van der Waals surface area (Å²) >= 11 is 0. The maximum absolute atomic E-state index is 13.0. The van der Waals surface area contributed by atoms with Crippen molar-refractivity contribution in [3.8, 4) is 5.75 Å². The average molecular weight is 329 g/mol. The zero-order valence-corrected chi connectivity index (χ0v) is 13.9. The van der Waals surface area contributed by atoms with E-state index < -0.39 is 0 Å². The van der Waals surface area contributed by atoms with Crippen LogP contribution in [0.15, 0.2) is 63.8 Å². The largest absolute Gasteiger partial charge is 0.491 e. The molecule has 3 aromatic carbocycles. The van der Waals surface area contributed by atoms with E-state index in [9.17, 15) is 4.79 Å². The summed E-state index contributed by atoms with van der Waals surface area (Å²) < 4.78 is 13.9. The van der Waals surface area contributed by atoms with Gasteiger partial charge in [-0.2, -0.15) is 0 Å². The van der Waals surface area contributed by atoms with E-state index in [4.69, 9.17) is 9.15 Å². The summed E-state index contributed by atoms with van der Waals surface area (Å²) in [7, 11) is 3.61. The maximum Gasteiger partial charge on any atom is 0.200 e. The molecule has 0 saturated carbocycles. The first kappa shape index (κ1) is 14.1. The van der Waals surface area contributed by atoms with Crippen LogP contribution in [0.5, 0.6) is 5.75 Å². The molecule has 0 N–H and O–H groups in total. The molecular formula is C21H15NO3. The second kappa shape index (κ2) is 4.86. The van der Waals surface area contributed by atoms with Crippen molar-refractivity contribution in [1.29, 1.82) is 0 Å². The summed E-state index contributed by atoms with van der Waals surface area (Å²) in [5.41, 5.74) is 3.03. The van der Waals surface area contributed by atoms with Crippen molar-refractivity contribution >= 4 is 43.7 Å². The molecular weight excluding hydrogens is 314 g/mol. The molecule has 0 bridgehead atoms. The van der Waals surface area contributed by atoms with Gasteiger partial charge in [-0.3, -0.25) is 4.79 Å². The van der Waals surface area contributed by atoms with Gasteiger partial charge in [-0.05, 0) is 24.3 Å². The molecule has 0 saturated heterocycles. The van der Waals surface area contributed by atoms with Crippen molar-refractivity contribution in [2.75, 3.05) is 7.11 Å². The minimum atomic E-state index is -0.0371. The predicted molar refractivity (Wildman–Crippen MR) is 101 cm³/mol. The van der Waals surface area contributed by atoms with E-state index in [0.29, 0.717) is 27.7 Å². The lowest BCUT2D eigenvalue weighted by Crippen LogP contribution is -2.03. The van der Waals surface area contributed by atoms with Crippen LogP contribution in [0.2, 0.25) is 0 Å². The highest BCUT2D eigenvalue weighted by molar-refractivity contribution is 6.15. The third-order valence-electron chi connectivity index (χ3n) is 4.89. The van der Waals surface area contributed by atoms with Crippen LogP contribution in [-0.2, 0) is 7.05 Å². The minimum absolute atomic E-state index is 0.0371. The van der Waals surface area contributed by atoms with E-state index in [-0.39, 0.29) is 5.43 Å². The van der Waals surface area contributed by atoms with Crippen molar-refractivity contribution in [3.63, 3.8) is 0 Å². The number of ether oxygens (including phenoxy) is 1.